The van der Waals surface area contributed by atoms with Crippen LogP contribution in [-0.4, -0.2) is 13.2 Å². The van der Waals surface area contributed by atoms with Gasteiger partial charge in [0.25, 0.3) is 0 Å². The molecule has 0 saturated carbocycles. The molecule has 0 amide bonds. The Labute approximate surface area is 187 Å². The minimum absolute atomic E-state index is 0. The summed E-state index contributed by atoms with van der Waals surface area (Å²) in [6, 6.07) is 20.1. The molecule has 0 bridgehead atoms. The first-order valence-electron chi connectivity index (χ1n) is 6.99. The summed E-state index contributed by atoms with van der Waals surface area (Å²) < 4.78 is 4.94. The first-order chi connectivity index (χ1) is 9.95. The van der Waals surface area contributed by atoms with Crippen LogP contribution in [0.2, 0.25) is 0 Å². The Hall–Kier alpha value is 0.412. The van der Waals surface area contributed by atoms with Crippen LogP contribution >= 0.6 is 0 Å². The fourth-order valence-corrected chi connectivity index (χ4v) is 1.80. The van der Waals surface area contributed by atoms with Crippen molar-refractivity contribution in [2.24, 2.45) is 0 Å². The molecular weight excluding hydrogens is 379 g/mol. The van der Waals surface area contributed by atoms with Gasteiger partial charge in [0.15, 0.2) is 0 Å². The number of rotatable bonds is 4. The average Bonchev–Trinajstić information content (AvgIpc) is 3.09. The van der Waals surface area contributed by atoms with E-state index in [4.69, 9.17) is 4.74 Å². The molecular formula is C18H20CsNO+. The van der Waals surface area contributed by atoms with E-state index in [9.17, 15) is 0 Å². The van der Waals surface area contributed by atoms with Crippen LogP contribution in [0.4, 0.5) is 0 Å². The Balaban J connectivity index is 0.000000313. The molecule has 1 saturated heterocycles. The van der Waals surface area contributed by atoms with Gasteiger partial charge in [-0.2, -0.15) is 0 Å². The van der Waals surface area contributed by atoms with Gasteiger partial charge in [-0.25, -0.2) is 5.32 Å². The van der Waals surface area contributed by atoms with Crippen molar-refractivity contribution >= 4 is 0 Å². The summed E-state index contributed by atoms with van der Waals surface area (Å²) in [5, 5.41) is 4.26. The number of hydrogen-bond acceptors (Lipinski definition) is 1. The molecule has 2 aromatic carbocycles. The molecule has 0 N–H and O–H groups in total. The number of hydrogen-bond donors (Lipinski definition) is 0. The van der Waals surface area contributed by atoms with E-state index in [2.05, 4.69) is 5.32 Å². The van der Waals surface area contributed by atoms with E-state index in [0.29, 0.717) is 0 Å². The third kappa shape index (κ3) is 9.21. The fraction of sp³-hybridized carbons (Fsp3) is 0.222. The molecule has 1 aliphatic heterocycles. The zero-order valence-corrected chi connectivity index (χ0v) is 18.9. The van der Waals surface area contributed by atoms with Crippen LogP contribution in [0, 0.1) is 13.1 Å². The maximum Gasteiger partial charge on any atom is 1.00 e. The second-order valence-electron chi connectivity index (χ2n) is 4.55. The molecule has 0 aromatic heterocycles. The SMILES string of the molecule is C1CCOC1.[CH]([N][CH]c1ccccc1)c1ccccc1.[Cs+]. The van der Waals surface area contributed by atoms with Crippen molar-refractivity contribution in [2.75, 3.05) is 13.2 Å². The standard InChI is InChI=1S/C14H12N.C4H8O.Cs/c1-3-7-13(8-4-1)11-15-12-14-9-5-2-6-10-14;1-2-4-5-3-1;/h1-12H;1-4H2;/q;;+1. The quantitative estimate of drug-likeness (QED) is 0.747. The van der Waals surface area contributed by atoms with E-state index in [1.165, 1.54) is 12.8 Å². The molecule has 21 heavy (non-hydrogen) atoms. The van der Waals surface area contributed by atoms with Gasteiger partial charge in [0.2, 0.25) is 0 Å². The van der Waals surface area contributed by atoms with Crippen LogP contribution < -0.4 is 74.2 Å². The molecule has 1 heterocycles. The van der Waals surface area contributed by atoms with Crippen LogP contribution in [-0.2, 0) is 4.74 Å². The summed E-state index contributed by atoms with van der Waals surface area (Å²) in [6.07, 6.45) is 2.56. The second-order valence-corrected chi connectivity index (χ2v) is 4.55. The van der Waals surface area contributed by atoms with Gasteiger partial charge in [-0.1, -0.05) is 60.7 Å². The van der Waals surface area contributed by atoms with Crippen LogP contribution in [0.15, 0.2) is 60.7 Å². The Morgan fingerprint density at radius 2 is 1.14 bits per heavy atom. The summed E-state index contributed by atoms with van der Waals surface area (Å²) in [7, 11) is 0. The molecule has 3 heteroatoms. The first-order valence-corrected chi connectivity index (χ1v) is 6.99. The zero-order chi connectivity index (χ0) is 13.9. The molecule has 0 spiro atoms. The van der Waals surface area contributed by atoms with Crippen LogP contribution in [0.25, 0.3) is 0 Å². The zero-order valence-electron chi connectivity index (χ0n) is 12.6. The van der Waals surface area contributed by atoms with Crippen molar-refractivity contribution in [2.45, 2.75) is 12.8 Å². The normalized spacial score (nSPS) is 13.0. The number of ether oxygens (including phenoxy) is 1. The van der Waals surface area contributed by atoms with Crippen molar-refractivity contribution in [3.63, 3.8) is 0 Å². The fourth-order valence-electron chi connectivity index (χ4n) is 1.80. The van der Waals surface area contributed by atoms with Crippen LogP contribution in [0.3, 0.4) is 0 Å². The van der Waals surface area contributed by atoms with Crippen LogP contribution in [0.1, 0.15) is 24.0 Å². The maximum atomic E-state index is 4.94. The number of benzene rings is 2. The molecule has 3 radical (unpaired) electrons. The topological polar surface area (TPSA) is 23.3 Å². The molecule has 1 fully saturated rings. The van der Waals surface area contributed by atoms with Crippen molar-refractivity contribution < 1.29 is 73.6 Å². The Bertz CT molecular complexity index is 410. The Kier molecular flexibility index (Phi) is 12.0. The van der Waals surface area contributed by atoms with E-state index in [1.54, 1.807) is 0 Å². The van der Waals surface area contributed by atoms with E-state index < -0.39 is 0 Å². The molecule has 2 aromatic rings. The summed E-state index contributed by atoms with van der Waals surface area (Å²) in [5.74, 6) is 0. The minimum Gasteiger partial charge on any atom is -0.381 e. The third-order valence-corrected chi connectivity index (χ3v) is 2.87. The molecule has 2 nitrogen and oxygen atoms in total. The predicted molar refractivity (Wildman–Crippen MR) is 81.9 cm³/mol. The summed E-state index contributed by atoms with van der Waals surface area (Å²) >= 11 is 0. The van der Waals surface area contributed by atoms with Gasteiger partial charge >= 0.3 is 68.9 Å². The molecule has 1 aliphatic rings. The van der Waals surface area contributed by atoms with E-state index >= 15 is 0 Å². The van der Waals surface area contributed by atoms with Gasteiger partial charge in [0, 0.05) is 13.2 Å². The largest absolute Gasteiger partial charge is 1.00 e. The second kappa shape index (κ2) is 12.9. The van der Waals surface area contributed by atoms with Gasteiger partial charge in [-0.3, -0.25) is 0 Å². The third-order valence-electron chi connectivity index (χ3n) is 2.87. The maximum absolute atomic E-state index is 4.94. The Morgan fingerprint density at radius 1 is 0.714 bits per heavy atom. The predicted octanol–water partition coefficient (Wildman–Crippen LogP) is 0.812. The summed E-state index contributed by atoms with van der Waals surface area (Å²) in [5.41, 5.74) is 2.23. The van der Waals surface area contributed by atoms with Crippen molar-refractivity contribution in [1.82, 2.24) is 5.32 Å². The minimum atomic E-state index is 0. The van der Waals surface area contributed by atoms with Gasteiger partial charge in [-0.05, 0) is 24.0 Å². The smallest absolute Gasteiger partial charge is 0.381 e. The van der Waals surface area contributed by atoms with Crippen molar-refractivity contribution in [3.8, 4) is 0 Å². The van der Waals surface area contributed by atoms with Gasteiger partial charge in [0.05, 0.1) is 13.1 Å². The van der Waals surface area contributed by atoms with Gasteiger partial charge in [-0.15, -0.1) is 0 Å². The first kappa shape index (κ1) is 19.5. The molecule has 3 rings (SSSR count). The van der Waals surface area contributed by atoms with E-state index in [1.807, 2.05) is 73.8 Å². The average molecular weight is 399 g/mol. The monoisotopic (exact) mass is 399 g/mol. The van der Waals surface area contributed by atoms with Gasteiger partial charge < -0.3 is 4.74 Å². The van der Waals surface area contributed by atoms with E-state index in [0.717, 1.165) is 24.3 Å². The molecule has 0 atom stereocenters. The Morgan fingerprint density at radius 3 is 1.48 bits per heavy atom. The van der Waals surface area contributed by atoms with E-state index in [-0.39, 0.29) is 68.9 Å². The van der Waals surface area contributed by atoms with Crippen LogP contribution in [0.5, 0.6) is 0 Å². The summed E-state index contributed by atoms with van der Waals surface area (Å²) in [4.78, 5) is 0. The summed E-state index contributed by atoms with van der Waals surface area (Å²) in [6.45, 7) is 5.71. The van der Waals surface area contributed by atoms with Gasteiger partial charge in [0.1, 0.15) is 0 Å². The molecule has 0 aliphatic carbocycles. The van der Waals surface area contributed by atoms with Crippen molar-refractivity contribution in [3.05, 3.63) is 84.9 Å². The molecule has 0 unspecified atom stereocenters. The molecule has 103 valence electrons. The van der Waals surface area contributed by atoms with Crippen molar-refractivity contribution in [1.29, 1.82) is 0 Å². The number of nitrogens with zero attached hydrogens (tertiary/aromatic N) is 1.